The van der Waals surface area contributed by atoms with E-state index < -0.39 is 0 Å². The van der Waals surface area contributed by atoms with E-state index >= 15 is 0 Å². The zero-order valence-corrected chi connectivity index (χ0v) is 5.97. The molecule has 0 aromatic carbocycles. The number of hydrogen-bond donors (Lipinski definition) is 2. The highest BCUT2D eigenvalue weighted by molar-refractivity contribution is 4.64. The smallest absolute Gasteiger partial charge is 0.00772 e. The van der Waals surface area contributed by atoms with Crippen LogP contribution in [0.4, 0.5) is 0 Å². The van der Waals surface area contributed by atoms with Gasteiger partial charge in [0.15, 0.2) is 0 Å². The third-order valence-corrected chi connectivity index (χ3v) is 1.22. The van der Waals surface area contributed by atoms with Crippen molar-refractivity contribution in [2.24, 2.45) is 11.5 Å². The lowest BCUT2D eigenvalue weighted by atomic mass is 10.1. The monoisotopic (exact) mass is 129 g/mol. The van der Waals surface area contributed by atoms with Crippen LogP contribution < -0.4 is 11.5 Å². The highest BCUT2D eigenvalue weighted by Gasteiger charge is 1.86. The van der Waals surface area contributed by atoms with Crippen molar-refractivity contribution >= 4 is 0 Å². The molecule has 0 bridgehead atoms. The Hall–Kier alpha value is -0.0800. The molecule has 1 radical (unpaired) electrons. The van der Waals surface area contributed by atoms with E-state index in [-0.39, 0.29) is 0 Å². The molecule has 0 heterocycles. The molecule has 0 amide bonds. The van der Waals surface area contributed by atoms with E-state index in [1.807, 2.05) is 0 Å². The standard InChI is InChI=1S/C7H17N2/c8-6-4-2-1-3-5-7-9/h1H,2-9H2. The maximum absolute atomic E-state index is 5.30. The lowest BCUT2D eigenvalue weighted by molar-refractivity contribution is 0.737. The topological polar surface area (TPSA) is 52.0 Å². The molecule has 0 rings (SSSR count). The lowest BCUT2D eigenvalue weighted by Crippen LogP contribution is -2.00. The summed E-state index contributed by atoms with van der Waals surface area (Å²) in [5.74, 6) is 0. The first kappa shape index (κ1) is 8.92. The summed E-state index contributed by atoms with van der Waals surface area (Å²) in [6, 6.07) is 0. The molecule has 9 heavy (non-hydrogen) atoms. The third kappa shape index (κ3) is 7.92. The summed E-state index contributed by atoms with van der Waals surface area (Å²) in [5.41, 5.74) is 10.6. The molecule has 0 aliphatic rings. The van der Waals surface area contributed by atoms with Gasteiger partial charge in [0, 0.05) is 0 Å². The minimum absolute atomic E-state index is 0.805. The van der Waals surface area contributed by atoms with E-state index in [2.05, 4.69) is 6.42 Å². The zero-order chi connectivity index (χ0) is 6.95. The Morgan fingerprint density at radius 3 is 1.67 bits per heavy atom. The lowest BCUT2D eigenvalue weighted by Gasteiger charge is -1.95. The molecule has 0 aromatic rings. The SMILES string of the molecule is NCCC[CH]CCCN. The first-order valence-corrected chi connectivity index (χ1v) is 3.63. The van der Waals surface area contributed by atoms with Crippen molar-refractivity contribution in [2.75, 3.05) is 13.1 Å². The fraction of sp³-hybridized carbons (Fsp3) is 0.857. The Balaban J connectivity index is 2.60. The molecule has 0 saturated heterocycles. The molecule has 2 heteroatoms. The maximum Gasteiger partial charge on any atom is -0.00772 e. The quantitative estimate of drug-likeness (QED) is 0.518. The molecule has 0 unspecified atom stereocenters. The predicted octanol–water partition coefficient (Wildman–Crippen LogP) is 0.668. The van der Waals surface area contributed by atoms with Gasteiger partial charge in [0.05, 0.1) is 0 Å². The average Bonchev–Trinajstić information content (AvgIpc) is 1.89. The molecule has 2 nitrogen and oxygen atoms in total. The van der Waals surface area contributed by atoms with Gasteiger partial charge >= 0.3 is 0 Å². The number of unbranched alkanes of at least 4 members (excludes halogenated alkanes) is 4. The summed E-state index contributed by atoms with van der Waals surface area (Å²) in [4.78, 5) is 0. The number of nitrogens with two attached hydrogens (primary N) is 2. The maximum atomic E-state index is 5.30. The summed E-state index contributed by atoms with van der Waals surface area (Å²) in [5, 5.41) is 0. The largest absolute Gasteiger partial charge is 0.330 e. The molecular formula is C7H17N2. The highest BCUT2D eigenvalue weighted by Crippen LogP contribution is 1.98. The van der Waals surface area contributed by atoms with Crippen molar-refractivity contribution in [1.82, 2.24) is 0 Å². The van der Waals surface area contributed by atoms with Crippen LogP contribution in [0.5, 0.6) is 0 Å². The van der Waals surface area contributed by atoms with Gasteiger partial charge in [-0.15, -0.1) is 0 Å². The van der Waals surface area contributed by atoms with Crippen LogP contribution in [0.25, 0.3) is 0 Å². The Morgan fingerprint density at radius 1 is 0.889 bits per heavy atom. The van der Waals surface area contributed by atoms with Crippen LogP contribution >= 0.6 is 0 Å². The number of rotatable bonds is 6. The van der Waals surface area contributed by atoms with Gasteiger partial charge in [-0.25, -0.2) is 0 Å². The van der Waals surface area contributed by atoms with E-state index in [1.54, 1.807) is 0 Å². The van der Waals surface area contributed by atoms with Crippen LogP contribution in [0.15, 0.2) is 0 Å². The summed E-state index contributed by atoms with van der Waals surface area (Å²) >= 11 is 0. The molecule has 0 fully saturated rings. The van der Waals surface area contributed by atoms with Gasteiger partial charge < -0.3 is 11.5 Å². The molecular weight excluding hydrogens is 112 g/mol. The number of hydrogen-bond acceptors (Lipinski definition) is 2. The van der Waals surface area contributed by atoms with Crippen LogP contribution in [0.2, 0.25) is 0 Å². The van der Waals surface area contributed by atoms with Crippen LogP contribution in [0.3, 0.4) is 0 Å². The van der Waals surface area contributed by atoms with Gasteiger partial charge in [0.1, 0.15) is 0 Å². The van der Waals surface area contributed by atoms with Gasteiger partial charge in [0.2, 0.25) is 0 Å². The molecule has 0 saturated carbocycles. The Kier molecular flexibility index (Phi) is 7.85. The molecule has 0 atom stereocenters. The second-order valence-electron chi connectivity index (χ2n) is 2.15. The highest BCUT2D eigenvalue weighted by atomic mass is 14.5. The Morgan fingerprint density at radius 2 is 1.33 bits per heavy atom. The van der Waals surface area contributed by atoms with Gasteiger partial charge in [0.25, 0.3) is 0 Å². The average molecular weight is 129 g/mol. The van der Waals surface area contributed by atoms with E-state index in [9.17, 15) is 0 Å². The fourth-order valence-electron chi connectivity index (χ4n) is 0.669. The van der Waals surface area contributed by atoms with Gasteiger partial charge in [-0.1, -0.05) is 0 Å². The summed E-state index contributed by atoms with van der Waals surface area (Å²) in [7, 11) is 0. The minimum atomic E-state index is 0.805. The second-order valence-corrected chi connectivity index (χ2v) is 2.15. The first-order chi connectivity index (χ1) is 4.41. The van der Waals surface area contributed by atoms with Crippen molar-refractivity contribution in [1.29, 1.82) is 0 Å². The van der Waals surface area contributed by atoms with E-state index in [4.69, 9.17) is 11.5 Å². The molecule has 0 aliphatic carbocycles. The minimum Gasteiger partial charge on any atom is -0.330 e. The van der Waals surface area contributed by atoms with Gasteiger partial charge in [-0.3, -0.25) is 0 Å². The van der Waals surface area contributed by atoms with Crippen molar-refractivity contribution in [2.45, 2.75) is 25.7 Å². The Labute approximate surface area is 57.6 Å². The Bertz CT molecular complexity index is 40.2. The van der Waals surface area contributed by atoms with Gasteiger partial charge in [-0.2, -0.15) is 0 Å². The summed E-state index contributed by atoms with van der Waals surface area (Å²) in [6.45, 7) is 1.61. The predicted molar refractivity (Wildman–Crippen MR) is 40.9 cm³/mol. The van der Waals surface area contributed by atoms with Gasteiger partial charge in [-0.05, 0) is 45.2 Å². The fourth-order valence-corrected chi connectivity index (χ4v) is 0.669. The van der Waals surface area contributed by atoms with Crippen LogP contribution in [0, 0.1) is 6.42 Å². The molecule has 4 N–H and O–H groups in total. The summed E-state index contributed by atoms with van der Waals surface area (Å²) in [6.07, 6.45) is 6.79. The van der Waals surface area contributed by atoms with Crippen molar-refractivity contribution in [3.05, 3.63) is 6.42 Å². The van der Waals surface area contributed by atoms with Crippen LogP contribution in [-0.2, 0) is 0 Å². The van der Waals surface area contributed by atoms with Crippen molar-refractivity contribution in [3.63, 3.8) is 0 Å². The van der Waals surface area contributed by atoms with Crippen LogP contribution in [0.1, 0.15) is 25.7 Å². The zero-order valence-electron chi connectivity index (χ0n) is 5.97. The molecule has 0 aliphatic heterocycles. The van der Waals surface area contributed by atoms with Crippen molar-refractivity contribution in [3.8, 4) is 0 Å². The molecule has 0 aromatic heterocycles. The van der Waals surface area contributed by atoms with Crippen LogP contribution in [-0.4, -0.2) is 13.1 Å². The summed E-state index contributed by atoms with van der Waals surface area (Å²) < 4.78 is 0. The van der Waals surface area contributed by atoms with E-state index in [0.717, 1.165) is 38.8 Å². The first-order valence-electron chi connectivity index (χ1n) is 3.63. The van der Waals surface area contributed by atoms with E-state index in [1.165, 1.54) is 0 Å². The molecule has 0 spiro atoms. The van der Waals surface area contributed by atoms with Crippen molar-refractivity contribution < 1.29 is 0 Å². The normalized spacial score (nSPS) is 10.0. The molecule has 55 valence electrons. The third-order valence-electron chi connectivity index (χ3n) is 1.22. The second kappa shape index (κ2) is 7.92. The van der Waals surface area contributed by atoms with E-state index in [0.29, 0.717) is 0 Å².